The number of hydrogen-bond donors (Lipinski definition) is 1. The summed E-state index contributed by atoms with van der Waals surface area (Å²) in [5.74, 6) is 0. The van der Waals surface area contributed by atoms with E-state index in [4.69, 9.17) is 5.73 Å². The van der Waals surface area contributed by atoms with Gasteiger partial charge in [-0.1, -0.05) is 0 Å². The van der Waals surface area contributed by atoms with Gasteiger partial charge in [-0.3, -0.25) is 0 Å². The number of nitrogens with two attached hydrogens (primary N) is 1. The largest absolute Gasteiger partial charge is 0.398 e. The Hall–Kier alpha value is -1.05. The van der Waals surface area contributed by atoms with E-state index in [0.717, 1.165) is 5.69 Å². The first-order valence-electron chi connectivity index (χ1n) is 3.34. The molecule has 0 bridgehead atoms. The second-order valence-electron chi connectivity index (χ2n) is 2.59. The van der Waals surface area contributed by atoms with Gasteiger partial charge in [0.15, 0.2) is 11.9 Å². The molecule has 10 heavy (non-hydrogen) atoms. The summed E-state index contributed by atoms with van der Waals surface area (Å²) in [6, 6.07) is 1.92. The summed E-state index contributed by atoms with van der Waals surface area (Å²) >= 11 is 0. The smallest absolute Gasteiger partial charge is 0.182 e. The first-order valence-corrected chi connectivity index (χ1v) is 3.34. The molecule has 0 fully saturated rings. The number of anilines is 1. The van der Waals surface area contributed by atoms with Crippen LogP contribution >= 0.6 is 0 Å². The lowest BCUT2D eigenvalue weighted by Crippen LogP contribution is -2.32. The van der Waals surface area contributed by atoms with Crippen molar-refractivity contribution >= 4 is 5.69 Å². The molecule has 0 aliphatic carbocycles. The second-order valence-corrected chi connectivity index (χ2v) is 2.59. The third kappa shape index (κ3) is 0.967. The van der Waals surface area contributed by atoms with Gasteiger partial charge in [-0.2, -0.15) is 0 Å². The molecule has 0 aromatic carbocycles. The average molecular weight is 137 g/mol. The predicted octanol–water partition coefficient (Wildman–Crippen LogP) is 0.710. The summed E-state index contributed by atoms with van der Waals surface area (Å²) in [7, 11) is 2.02. The lowest BCUT2D eigenvalue weighted by molar-refractivity contribution is -0.677. The third-order valence-corrected chi connectivity index (χ3v) is 1.98. The van der Waals surface area contributed by atoms with E-state index in [9.17, 15) is 0 Å². The summed E-state index contributed by atoms with van der Waals surface area (Å²) in [6.45, 7) is 4.09. The van der Waals surface area contributed by atoms with Crippen LogP contribution in [0.25, 0.3) is 0 Å². The Labute approximate surface area is 61.3 Å². The standard InChI is InChI=1S/C8H12N2/c1-6-7(2)10(3)5-4-8(6)9/h4-5,9H,1-3H3/p+1. The van der Waals surface area contributed by atoms with Gasteiger partial charge >= 0.3 is 0 Å². The molecule has 2 nitrogen and oxygen atoms in total. The van der Waals surface area contributed by atoms with Crippen molar-refractivity contribution in [3.8, 4) is 0 Å². The number of aromatic nitrogens is 1. The Balaban J connectivity index is 3.34. The molecule has 0 radical (unpaired) electrons. The number of pyridine rings is 1. The highest BCUT2D eigenvalue weighted by molar-refractivity contribution is 5.44. The van der Waals surface area contributed by atoms with Crippen molar-refractivity contribution in [2.45, 2.75) is 13.8 Å². The highest BCUT2D eigenvalue weighted by atomic mass is 14.9. The van der Waals surface area contributed by atoms with Gasteiger partial charge in [-0.05, 0) is 6.92 Å². The summed E-state index contributed by atoms with van der Waals surface area (Å²) in [5.41, 5.74) is 8.94. The van der Waals surface area contributed by atoms with Gasteiger partial charge in [0.05, 0.1) is 0 Å². The molecule has 1 heterocycles. The van der Waals surface area contributed by atoms with E-state index in [1.165, 1.54) is 11.3 Å². The minimum atomic E-state index is 0.871. The second kappa shape index (κ2) is 2.29. The molecule has 0 atom stereocenters. The van der Waals surface area contributed by atoms with E-state index in [1.54, 1.807) is 0 Å². The van der Waals surface area contributed by atoms with Crippen LogP contribution in [0.3, 0.4) is 0 Å². The zero-order valence-electron chi connectivity index (χ0n) is 6.68. The minimum Gasteiger partial charge on any atom is -0.398 e. The van der Waals surface area contributed by atoms with Crippen LogP contribution in [0, 0.1) is 13.8 Å². The van der Waals surface area contributed by atoms with Crippen molar-refractivity contribution in [2.75, 3.05) is 5.73 Å². The fourth-order valence-electron chi connectivity index (χ4n) is 0.902. The minimum absolute atomic E-state index is 0.871. The van der Waals surface area contributed by atoms with Crippen LogP contribution in [0.5, 0.6) is 0 Å². The Morgan fingerprint density at radius 1 is 1.40 bits per heavy atom. The van der Waals surface area contributed by atoms with Crippen molar-refractivity contribution < 1.29 is 4.57 Å². The Bertz CT molecular complexity index is 227. The van der Waals surface area contributed by atoms with Gasteiger partial charge in [0, 0.05) is 24.2 Å². The van der Waals surface area contributed by atoms with Crippen molar-refractivity contribution in [2.24, 2.45) is 7.05 Å². The van der Waals surface area contributed by atoms with Crippen LogP contribution in [0.15, 0.2) is 12.3 Å². The molecular formula is C8H13N2+. The summed E-state index contributed by atoms with van der Waals surface area (Å²) < 4.78 is 2.06. The summed E-state index contributed by atoms with van der Waals surface area (Å²) in [4.78, 5) is 0. The molecule has 0 saturated carbocycles. The van der Waals surface area contributed by atoms with Crippen LogP contribution < -0.4 is 10.3 Å². The molecule has 2 heteroatoms. The van der Waals surface area contributed by atoms with E-state index in [-0.39, 0.29) is 0 Å². The summed E-state index contributed by atoms with van der Waals surface area (Å²) in [6.07, 6.45) is 1.97. The van der Waals surface area contributed by atoms with Gasteiger partial charge in [0.2, 0.25) is 0 Å². The highest BCUT2D eigenvalue weighted by Gasteiger charge is 2.05. The number of rotatable bonds is 0. The van der Waals surface area contributed by atoms with E-state index in [1.807, 2.05) is 26.2 Å². The van der Waals surface area contributed by atoms with Crippen molar-refractivity contribution in [1.82, 2.24) is 0 Å². The average Bonchev–Trinajstić information content (AvgIpc) is 1.93. The first kappa shape index (κ1) is 7.06. The third-order valence-electron chi connectivity index (χ3n) is 1.98. The molecule has 1 aromatic rings. The van der Waals surface area contributed by atoms with Gasteiger partial charge < -0.3 is 5.73 Å². The van der Waals surface area contributed by atoms with Crippen molar-refractivity contribution in [3.63, 3.8) is 0 Å². The molecule has 54 valence electrons. The predicted molar refractivity (Wildman–Crippen MR) is 41.5 cm³/mol. The monoisotopic (exact) mass is 137 g/mol. The molecule has 1 aromatic heterocycles. The first-order chi connectivity index (χ1) is 4.63. The zero-order chi connectivity index (χ0) is 7.72. The molecule has 1 rings (SSSR count). The maximum absolute atomic E-state index is 5.68. The normalized spacial score (nSPS) is 9.90. The zero-order valence-corrected chi connectivity index (χ0v) is 6.68. The van der Waals surface area contributed by atoms with E-state index >= 15 is 0 Å². The Kier molecular flexibility index (Phi) is 1.62. The van der Waals surface area contributed by atoms with Gasteiger partial charge in [-0.15, -0.1) is 0 Å². The van der Waals surface area contributed by atoms with E-state index in [0.29, 0.717) is 0 Å². The maximum Gasteiger partial charge on any atom is 0.182 e. The SMILES string of the molecule is Cc1c(N)cc[n+](C)c1C. The number of aryl methyl sites for hydroxylation is 1. The molecule has 0 amide bonds. The quantitative estimate of drug-likeness (QED) is 0.524. The highest BCUT2D eigenvalue weighted by Crippen LogP contribution is 2.08. The fourth-order valence-corrected chi connectivity index (χ4v) is 0.902. The van der Waals surface area contributed by atoms with Crippen LogP contribution in [-0.4, -0.2) is 0 Å². The van der Waals surface area contributed by atoms with Crippen molar-refractivity contribution in [3.05, 3.63) is 23.5 Å². The van der Waals surface area contributed by atoms with Gasteiger partial charge in [0.1, 0.15) is 7.05 Å². The molecular weight excluding hydrogens is 124 g/mol. The number of hydrogen-bond acceptors (Lipinski definition) is 1. The van der Waals surface area contributed by atoms with Crippen LogP contribution in [-0.2, 0) is 7.05 Å². The van der Waals surface area contributed by atoms with Crippen LogP contribution in [0.4, 0.5) is 5.69 Å². The van der Waals surface area contributed by atoms with E-state index < -0.39 is 0 Å². The van der Waals surface area contributed by atoms with E-state index in [2.05, 4.69) is 11.5 Å². The fraction of sp³-hybridized carbons (Fsp3) is 0.375. The van der Waals surface area contributed by atoms with Crippen LogP contribution in [0.1, 0.15) is 11.3 Å². The number of nitrogen functional groups attached to an aromatic ring is 1. The Morgan fingerprint density at radius 2 is 2.00 bits per heavy atom. The molecule has 2 N–H and O–H groups in total. The maximum atomic E-state index is 5.68. The molecule has 0 aliphatic rings. The molecule has 0 spiro atoms. The molecule has 0 aliphatic heterocycles. The van der Waals surface area contributed by atoms with Crippen LogP contribution in [0.2, 0.25) is 0 Å². The Morgan fingerprint density at radius 3 is 2.50 bits per heavy atom. The lowest BCUT2D eigenvalue weighted by Gasteiger charge is -2.00. The molecule has 0 unspecified atom stereocenters. The topological polar surface area (TPSA) is 29.9 Å². The van der Waals surface area contributed by atoms with Gasteiger partial charge in [0.25, 0.3) is 0 Å². The molecule has 0 saturated heterocycles. The number of nitrogens with zero attached hydrogens (tertiary/aromatic N) is 1. The summed E-state index contributed by atoms with van der Waals surface area (Å²) in [5, 5.41) is 0. The van der Waals surface area contributed by atoms with Crippen molar-refractivity contribution in [1.29, 1.82) is 0 Å². The van der Waals surface area contributed by atoms with Gasteiger partial charge in [-0.25, -0.2) is 4.57 Å². The lowest BCUT2D eigenvalue weighted by atomic mass is 10.2.